The van der Waals surface area contributed by atoms with Gasteiger partial charge >= 0.3 is 5.97 Å². The van der Waals surface area contributed by atoms with Gasteiger partial charge in [-0.3, -0.25) is 4.79 Å². The number of aliphatic hydroxyl groups excluding tert-OH is 1. The summed E-state index contributed by atoms with van der Waals surface area (Å²) >= 11 is 0. The first-order chi connectivity index (χ1) is 18.9. The minimum atomic E-state index is -1.07. The molecule has 1 aliphatic rings. The number of carbonyl (C=O) groups excluding carboxylic acids is 1. The number of rotatable bonds is 9. The first-order valence-corrected chi connectivity index (χ1v) is 13.1. The highest BCUT2D eigenvalue weighted by Gasteiger charge is 2.39. The lowest BCUT2D eigenvalue weighted by molar-refractivity contribution is -0.153. The van der Waals surface area contributed by atoms with E-state index >= 15 is 0 Å². The van der Waals surface area contributed by atoms with Crippen LogP contribution in [0.15, 0.2) is 79.0 Å². The van der Waals surface area contributed by atoms with E-state index in [1.54, 1.807) is 13.1 Å². The summed E-state index contributed by atoms with van der Waals surface area (Å²) in [6.45, 7) is 6.49. The summed E-state index contributed by atoms with van der Waals surface area (Å²) in [5.41, 5.74) is 4.54. The predicted molar refractivity (Wildman–Crippen MR) is 147 cm³/mol. The second-order valence-corrected chi connectivity index (χ2v) is 9.64. The maximum absolute atomic E-state index is 12.0. The van der Waals surface area contributed by atoms with Crippen molar-refractivity contribution in [3.63, 3.8) is 0 Å². The number of ether oxygens (including phenoxy) is 3. The molecule has 0 spiro atoms. The van der Waals surface area contributed by atoms with Gasteiger partial charge in [0.2, 0.25) is 6.41 Å². The number of aliphatic hydroxyl groups is 1. The van der Waals surface area contributed by atoms with Crippen molar-refractivity contribution in [2.45, 2.75) is 52.3 Å². The van der Waals surface area contributed by atoms with Crippen LogP contribution < -0.4 is 4.74 Å². The number of nitrogens with one attached hydrogen (secondary N) is 1. The van der Waals surface area contributed by atoms with Gasteiger partial charge in [0, 0.05) is 23.7 Å². The molecule has 1 fully saturated rings. The number of aromatic amines is 1. The van der Waals surface area contributed by atoms with Gasteiger partial charge in [-0.1, -0.05) is 42.5 Å². The molecule has 8 heteroatoms. The van der Waals surface area contributed by atoms with Crippen LogP contribution in [0, 0.1) is 6.92 Å². The van der Waals surface area contributed by atoms with Crippen molar-refractivity contribution < 1.29 is 24.1 Å². The van der Waals surface area contributed by atoms with E-state index < -0.39 is 6.41 Å². The van der Waals surface area contributed by atoms with Gasteiger partial charge in [-0.25, -0.2) is 9.88 Å². The van der Waals surface area contributed by atoms with Crippen molar-refractivity contribution in [2.24, 2.45) is 0 Å². The highest BCUT2D eigenvalue weighted by atomic mass is 16.6. The lowest BCUT2D eigenvalue weighted by atomic mass is 10.0. The van der Waals surface area contributed by atoms with Gasteiger partial charge in [0.15, 0.2) is 0 Å². The average molecular weight is 528 g/mol. The third kappa shape index (κ3) is 6.20. The number of carbonyl (C=O) groups is 1. The third-order valence-electron chi connectivity index (χ3n) is 6.85. The summed E-state index contributed by atoms with van der Waals surface area (Å²) in [4.78, 5) is 21.5. The van der Waals surface area contributed by atoms with E-state index in [0.29, 0.717) is 24.7 Å². The van der Waals surface area contributed by atoms with E-state index in [1.807, 2.05) is 84.6 Å². The van der Waals surface area contributed by atoms with Crippen LogP contribution in [0.1, 0.15) is 42.5 Å². The zero-order chi connectivity index (χ0) is 27.4. The summed E-state index contributed by atoms with van der Waals surface area (Å²) in [6, 6.07) is 23.2. The Balaban J connectivity index is 1.43. The van der Waals surface area contributed by atoms with E-state index in [9.17, 15) is 9.90 Å². The summed E-state index contributed by atoms with van der Waals surface area (Å²) in [6.07, 6.45) is 0.647. The first-order valence-electron chi connectivity index (χ1n) is 13.1. The molecule has 3 atom stereocenters. The Morgan fingerprint density at radius 1 is 1.10 bits per heavy atom. The van der Waals surface area contributed by atoms with E-state index in [1.165, 1.54) is 0 Å². The number of benzene rings is 3. The third-order valence-corrected chi connectivity index (χ3v) is 6.85. The molecule has 2 N–H and O–H groups in total. The number of esters is 1. The molecule has 0 aliphatic carbocycles. The highest BCUT2D eigenvalue weighted by Crippen LogP contribution is 2.37. The SMILES string of the molecule is CCOC(=O)Cc1cccc(Oc2ccc(-c3cnc(C)[nH]3)cc2CN2C(O)OC(c3ccccc3)[C@@H]2C)c1. The van der Waals surface area contributed by atoms with Crippen LogP contribution in [0.3, 0.4) is 0 Å². The van der Waals surface area contributed by atoms with Crippen molar-refractivity contribution in [3.05, 3.63) is 102 Å². The molecule has 39 heavy (non-hydrogen) atoms. The first kappa shape index (κ1) is 26.6. The van der Waals surface area contributed by atoms with Crippen molar-refractivity contribution in [2.75, 3.05) is 6.61 Å². The average Bonchev–Trinajstić information content (AvgIpc) is 3.48. The Bertz CT molecular complexity index is 1420. The fourth-order valence-corrected chi connectivity index (χ4v) is 4.88. The van der Waals surface area contributed by atoms with Gasteiger partial charge in [0.1, 0.15) is 23.4 Å². The van der Waals surface area contributed by atoms with Crippen LogP contribution in [-0.4, -0.2) is 45.0 Å². The Kier molecular flexibility index (Phi) is 8.07. The lowest BCUT2D eigenvalue weighted by Gasteiger charge is -2.25. The Morgan fingerprint density at radius 3 is 2.67 bits per heavy atom. The predicted octanol–water partition coefficient (Wildman–Crippen LogP) is 5.52. The van der Waals surface area contributed by atoms with E-state index in [-0.39, 0.29) is 24.5 Å². The molecule has 1 saturated heterocycles. The minimum absolute atomic E-state index is 0.0822. The summed E-state index contributed by atoms with van der Waals surface area (Å²) in [7, 11) is 0. The van der Waals surface area contributed by atoms with Gasteiger partial charge in [-0.05, 0) is 62.2 Å². The number of aromatic nitrogens is 2. The van der Waals surface area contributed by atoms with Crippen LogP contribution in [0.5, 0.6) is 11.5 Å². The number of aryl methyl sites for hydroxylation is 1. The molecule has 3 aromatic carbocycles. The van der Waals surface area contributed by atoms with Crippen molar-refractivity contribution >= 4 is 5.97 Å². The van der Waals surface area contributed by atoms with Gasteiger partial charge in [-0.15, -0.1) is 0 Å². The molecule has 4 aromatic rings. The van der Waals surface area contributed by atoms with Crippen LogP contribution in [-0.2, 0) is 27.2 Å². The summed E-state index contributed by atoms with van der Waals surface area (Å²) in [5.74, 6) is 1.80. The standard InChI is InChI=1S/C31H33N3O5/c1-4-37-29(35)16-22-9-8-12-26(15-22)38-28-14-13-24(27-18-32-21(3)33-27)17-25(28)19-34-20(2)30(39-31(34)36)23-10-6-5-7-11-23/h5-15,17-18,20,30-31,36H,4,16,19H2,1-3H3,(H,32,33)/t20-,30?,31?/m0/s1. The molecule has 1 aromatic heterocycles. The summed E-state index contributed by atoms with van der Waals surface area (Å²) < 4.78 is 17.4. The molecular formula is C31H33N3O5. The molecule has 2 heterocycles. The van der Waals surface area contributed by atoms with Gasteiger partial charge < -0.3 is 24.3 Å². The van der Waals surface area contributed by atoms with Gasteiger partial charge in [-0.2, -0.15) is 0 Å². The zero-order valence-corrected chi connectivity index (χ0v) is 22.3. The molecular weight excluding hydrogens is 494 g/mol. The quantitative estimate of drug-likeness (QED) is 0.277. The van der Waals surface area contributed by atoms with Gasteiger partial charge in [0.25, 0.3) is 0 Å². The molecule has 0 bridgehead atoms. The van der Waals surface area contributed by atoms with Crippen LogP contribution in [0.4, 0.5) is 0 Å². The monoisotopic (exact) mass is 527 g/mol. The Hall–Kier alpha value is -3.98. The zero-order valence-electron chi connectivity index (χ0n) is 22.3. The number of imidazole rings is 1. The fraction of sp³-hybridized carbons (Fsp3) is 0.290. The molecule has 0 radical (unpaired) electrons. The number of nitrogens with zero attached hydrogens (tertiary/aromatic N) is 2. The number of H-pyrrole nitrogens is 1. The second-order valence-electron chi connectivity index (χ2n) is 9.64. The topological polar surface area (TPSA) is 96.9 Å². The van der Waals surface area contributed by atoms with Crippen LogP contribution >= 0.6 is 0 Å². The van der Waals surface area contributed by atoms with Crippen molar-refractivity contribution in [3.8, 4) is 22.8 Å². The Morgan fingerprint density at radius 2 is 1.92 bits per heavy atom. The smallest absolute Gasteiger partial charge is 0.310 e. The maximum Gasteiger partial charge on any atom is 0.310 e. The van der Waals surface area contributed by atoms with Gasteiger partial charge in [0.05, 0.1) is 24.9 Å². The highest BCUT2D eigenvalue weighted by molar-refractivity contribution is 5.72. The number of hydrogen-bond acceptors (Lipinski definition) is 7. The van der Waals surface area contributed by atoms with Crippen molar-refractivity contribution in [1.29, 1.82) is 0 Å². The molecule has 8 nitrogen and oxygen atoms in total. The fourth-order valence-electron chi connectivity index (χ4n) is 4.88. The normalized spacial score (nSPS) is 19.2. The molecule has 5 rings (SSSR count). The number of hydrogen-bond donors (Lipinski definition) is 2. The second kappa shape index (κ2) is 11.8. The lowest BCUT2D eigenvalue weighted by Crippen LogP contribution is -2.35. The van der Waals surface area contributed by atoms with Crippen molar-refractivity contribution in [1.82, 2.24) is 14.9 Å². The molecule has 2 unspecified atom stereocenters. The van der Waals surface area contributed by atoms with E-state index in [0.717, 1.165) is 33.8 Å². The molecule has 1 aliphatic heterocycles. The van der Waals surface area contributed by atoms with E-state index in [4.69, 9.17) is 14.2 Å². The molecule has 0 amide bonds. The summed E-state index contributed by atoms with van der Waals surface area (Å²) in [5, 5.41) is 10.9. The largest absolute Gasteiger partial charge is 0.466 e. The minimum Gasteiger partial charge on any atom is -0.466 e. The van der Waals surface area contributed by atoms with Crippen LogP contribution in [0.25, 0.3) is 11.3 Å². The molecule has 202 valence electrons. The maximum atomic E-state index is 12.0. The Labute approximate surface area is 228 Å². The van der Waals surface area contributed by atoms with E-state index in [2.05, 4.69) is 16.9 Å². The van der Waals surface area contributed by atoms with Crippen LogP contribution in [0.2, 0.25) is 0 Å². The molecule has 0 saturated carbocycles.